The molecular formula is C24H31BrN6O5. The average Bonchev–Trinajstić information content (AvgIpc) is 3.34. The zero-order valence-corrected chi connectivity index (χ0v) is 22.9. The van der Waals surface area contributed by atoms with Crippen molar-refractivity contribution in [3.05, 3.63) is 39.6 Å². The maximum atomic E-state index is 13.1. The minimum atomic E-state index is -0.590. The van der Waals surface area contributed by atoms with E-state index in [4.69, 9.17) is 9.47 Å². The number of amides is 2. The van der Waals surface area contributed by atoms with Gasteiger partial charge in [-0.05, 0) is 75.2 Å². The summed E-state index contributed by atoms with van der Waals surface area (Å²) >= 11 is 3.53. The number of carbonyl (C=O) groups excluding carboxylic acids is 3. The third-order valence-corrected chi connectivity index (χ3v) is 5.71. The third kappa shape index (κ3) is 6.42. The number of anilines is 1. The van der Waals surface area contributed by atoms with Crippen LogP contribution in [-0.2, 0) is 22.6 Å². The van der Waals surface area contributed by atoms with E-state index in [0.29, 0.717) is 58.8 Å². The maximum Gasteiger partial charge on any atom is 0.407 e. The highest BCUT2D eigenvalue weighted by atomic mass is 79.9. The lowest BCUT2D eigenvalue weighted by Crippen LogP contribution is -2.33. The standard InChI is InChI=1S/C24H31BrN6O5/c1-7-31-18(11-14(2)29-31)20(32)28-22-27-17-13-15(21(33)35-6)12-16(25)19(17)30(22)10-8-9-26-23(34)36-24(3,4)5/h11-13H,7-10H2,1-6H3,(H,26,34)(H,27,28,32). The first-order valence-corrected chi connectivity index (χ1v) is 12.3. The van der Waals surface area contributed by atoms with Crippen molar-refractivity contribution in [2.75, 3.05) is 19.0 Å². The van der Waals surface area contributed by atoms with Crippen LogP contribution in [0.15, 0.2) is 22.7 Å². The average molecular weight is 563 g/mol. The van der Waals surface area contributed by atoms with Crippen LogP contribution in [0.2, 0.25) is 0 Å². The van der Waals surface area contributed by atoms with E-state index >= 15 is 0 Å². The van der Waals surface area contributed by atoms with Crippen molar-refractivity contribution in [2.45, 2.75) is 59.7 Å². The molecular weight excluding hydrogens is 532 g/mol. The minimum absolute atomic E-state index is 0.302. The van der Waals surface area contributed by atoms with E-state index in [1.165, 1.54) is 7.11 Å². The van der Waals surface area contributed by atoms with Crippen LogP contribution in [0, 0.1) is 6.92 Å². The number of hydrogen-bond acceptors (Lipinski definition) is 7. The van der Waals surface area contributed by atoms with E-state index < -0.39 is 17.7 Å². The Morgan fingerprint density at radius 2 is 1.89 bits per heavy atom. The molecule has 0 radical (unpaired) electrons. The van der Waals surface area contributed by atoms with Crippen molar-refractivity contribution in [2.24, 2.45) is 0 Å². The van der Waals surface area contributed by atoms with Crippen molar-refractivity contribution < 1.29 is 23.9 Å². The van der Waals surface area contributed by atoms with Gasteiger partial charge in [0.1, 0.15) is 11.3 Å². The van der Waals surface area contributed by atoms with Gasteiger partial charge in [0.05, 0.1) is 29.4 Å². The van der Waals surface area contributed by atoms with Crippen LogP contribution in [-0.4, -0.2) is 56.6 Å². The molecule has 12 heteroatoms. The van der Waals surface area contributed by atoms with Gasteiger partial charge in [-0.3, -0.25) is 14.8 Å². The number of fused-ring (bicyclic) bond motifs is 1. The normalized spacial score (nSPS) is 11.4. The zero-order chi connectivity index (χ0) is 26.6. The van der Waals surface area contributed by atoms with Crippen LogP contribution in [0.1, 0.15) is 60.7 Å². The molecule has 0 aliphatic carbocycles. The lowest BCUT2D eigenvalue weighted by atomic mass is 10.2. The molecule has 2 aromatic heterocycles. The monoisotopic (exact) mass is 562 g/mol. The first-order chi connectivity index (χ1) is 16.9. The first-order valence-electron chi connectivity index (χ1n) is 11.5. The van der Waals surface area contributed by atoms with Crippen LogP contribution in [0.5, 0.6) is 0 Å². The molecule has 194 valence electrons. The van der Waals surface area contributed by atoms with Gasteiger partial charge in [-0.25, -0.2) is 14.6 Å². The number of aromatic nitrogens is 4. The van der Waals surface area contributed by atoms with Gasteiger partial charge in [-0.2, -0.15) is 5.10 Å². The molecule has 3 aromatic rings. The van der Waals surface area contributed by atoms with Crippen LogP contribution in [0.25, 0.3) is 11.0 Å². The summed E-state index contributed by atoms with van der Waals surface area (Å²) < 4.78 is 14.2. The fourth-order valence-corrected chi connectivity index (χ4v) is 4.31. The SMILES string of the molecule is CCn1nc(C)cc1C(=O)Nc1nc2cc(C(=O)OC)cc(Br)c2n1CCCNC(=O)OC(C)(C)C. The molecule has 0 aliphatic rings. The number of hydrogen-bond donors (Lipinski definition) is 2. The predicted octanol–water partition coefficient (Wildman–Crippen LogP) is 4.28. The lowest BCUT2D eigenvalue weighted by Gasteiger charge is -2.19. The number of carbonyl (C=O) groups is 3. The Morgan fingerprint density at radius 1 is 1.17 bits per heavy atom. The number of ether oxygens (including phenoxy) is 2. The quantitative estimate of drug-likeness (QED) is 0.309. The smallest absolute Gasteiger partial charge is 0.407 e. The van der Waals surface area contributed by atoms with E-state index in [0.717, 1.165) is 5.69 Å². The Balaban J connectivity index is 1.90. The Hall–Kier alpha value is -3.41. The summed E-state index contributed by atoms with van der Waals surface area (Å²) in [6, 6.07) is 4.96. The van der Waals surface area contributed by atoms with Crippen LogP contribution < -0.4 is 10.6 Å². The zero-order valence-electron chi connectivity index (χ0n) is 21.3. The van der Waals surface area contributed by atoms with Gasteiger partial charge in [0, 0.05) is 24.1 Å². The van der Waals surface area contributed by atoms with Crippen LogP contribution in [0.3, 0.4) is 0 Å². The molecule has 3 rings (SSSR count). The van der Waals surface area contributed by atoms with E-state index in [2.05, 4.69) is 36.6 Å². The summed E-state index contributed by atoms with van der Waals surface area (Å²) in [4.78, 5) is 41.8. The van der Waals surface area contributed by atoms with Crippen molar-refractivity contribution in [3.63, 3.8) is 0 Å². The fourth-order valence-electron chi connectivity index (χ4n) is 3.64. The summed E-state index contributed by atoms with van der Waals surface area (Å²) in [7, 11) is 1.31. The molecule has 2 N–H and O–H groups in total. The maximum absolute atomic E-state index is 13.1. The summed E-state index contributed by atoms with van der Waals surface area (Å²) in [5.74, 6) is -0.552. The second kappa shape index (κ2) is 11.1. The molecule has 0 aliphatic heterocycles. The Kier molecular flexibility index (Phi) is 8.39. The predicted molar refractivity (Wildman–Crippen MR) is 138 cm³/mol. The largest absolute Gasteiger partial charge is 0.465 e. The molecule has 0 bridgehead atoms. The molecule has 0 unspecified atom stereocenters. The van der Waals surface area contributed by atoms with Crippen molar-refractivity contribution in [1.82, 2.24) is 24.6 Å². The van der Waals surface area contributed by atoms with Gasteiger partial charge >= 0.3 is 12.1 Å². The summed E-state index contributed by atoms with van der Waals surface area (Å²) in [5, 5.41) is 9.94. The highest BCUT2D eigenvalue weighted by Gasteiger charge is 2.21. The molecule has 11 nitrogen and oxygen atoms in total. The second-order valence-electron chi connectivity index (χ2n) is 9.13. The Labute approximate surface area is 217 Å². The second-order valence-corrected chi connectivity index (χ2v) is 9.98. The number of nitrogens with one attached hydrogen (secondary N) is 2. The molecule has 0 spiro atoms. The number of rotatable bonds is 8. The van der Waals surface area contributed by atoms with Gasteiger partial charge in [0.25, 0.3) is 5.91 Å². The van der Waals surface area contributed by atoms with Crippen LogP contribution in [0.4, 0.5) is 10.7 Å². The number of esters is 1. The third-order valence-electron chi connectivity index (χ3n) is 5.10. The number of nitrogens with zero attached hydrogens (tertiary/aromatic N) is 4. The number of methoxy groups -OCH3 is 1. The molecule has 36 heavy (non-hydrogen) atoms. The molecule has 0 saturated heterocycles. The lowest BCUT2D eigenvalue weighted by molar-refractivity contribution is 0.0525. The molecule has 0 atom stereocenters. The van der Waals surface area contributed by atoms with Crippen LogP contribution >= 0.6 is 15.9 Å². The Bertz CT molecular complexity index is 1290. The van der Waals surface area contributed by atoms with Crippen molar-refractivity contribution in [1.29, 1.82) is 0 Å². The molecule has 2 amide bonds. The number of alkyl carbamates (subject to hydrolysis) is 1. The summed E-state index contributed by atoms with van der Waals surface area (Å²) in [6.07, 6.45) is 0.0312. The van der Waals surface area contributed by atoms with Gasteiger partial charge in [0.2, 0.25) is 5.95 Å². The van der Waals surface area contributed by atoms with Gasteiger partial charge in [0.15, 0.2) is 0 Å². The van der Waals surface area contributed by atoms with Crippen molar-refractivity contribution >= 4 is 50.9 Å². The fraction of sp³-hybridized carbons (Fsp3) is 0.458. The highest BCUT2D eigenvalue weighted by Crippen LogP contribution is 2.30. The van der Waals surface area contributed by atoms with E-state index in [9.17, 15) is 14.4 Å². The van der Waals surface area contributed by atoms with Gasteiger partial charge in [-0.1, -0.05) is 0 Å². The number of halogens is 1. The minimum Gasteiger partial charge on any atom is -0.465 e. The molecule has 2 heterocycles. The number of aryl methyl sites for hydroxylation is 3. The highest BCUT2D eigenvalue weighted by molar-refractivity contribution is 9.10. The first kappa shape index (κ1) is 27.2. The Morgan fingerprint density at radius 3 is 2.53 bits per heavy atom. The molecule has 0 saturated carbocycles. The number of benzene rings is 1. The summed E-state index contributed by atoms with van der Waals surface area (Å²) in [6.45, 7) is 10.4. The van der Waals surface area contributed by atoms with E-state index in [-0.39, 0.29) is 5.91 Å². The van der Waals surface area contributed by atoms with E-state index in [1.807, 2.05) is 18.4 Å². The van der Waals surface area contributed by atoms with E-state index in [1.54, 1.807) is 43.7 Å². The topological polar surface area (TPSA) is 129 Å². The number of imidazole rings is 1. The molecule has 0 fully saturated rings. The van der Waals surface area contributed by atoms with Gasteiger partial charge < -0.3 is 19.4 Å². The molecule has 1 aromatic carbocycles. The van der Waals surface area contributed by atoms with Crippen molar-refractivity contribution in [3.8, 4) is 0 Å². The summed E-state index contributed by atoms with van der Waals surface area (Å²) in [5.41, 5.74) is 2.07. The van der Waals surface area contributed by atoms with Gasteiger partial charge in [-0.15, -0.1) is 0 Å².